The molecule has 0 heterocycles. The summed E-state index contributed by atoms with van der Waals surface area (Å²) in [5.74, 6) is 0.0303. The minimum Gasteiger partial charge on any atom is -0.508 e. The maximum absolute atomic E-state index is 12.5. The van der Waals surface area contributed by atoms with Crippen LogP contribution in [0, 0.1) is 5.92 Å². The van der Waals surface area contributed by atoms with Crippen LogP contribution < -0.4 is 4.72 Å². The highest BCUT2D eigenvalue weighted by Crippen LogP contribution is 2.26. The van der Waals surface area contributed by atoms with Crippen LogP contribution in [0.5, 0.6) is 5.75 Å². The Morgan fingerprint density at radius 2 is 1.68 bits per heavy atom. The largest absolute Gasteiger partial charge is 0.508 e. The second kappa shape index (κ2) is 6.77. The normalized spacial score (nSPS) is 14.2. The fraction of sp³-hybridized carbons (Fsp3) is 0.176. The van der Waals surface area contributed by atoms with Crippen LogP contribution in [0.1, 0.15) is 18.5 Å². The van der Waals surface area contributed by atoms with Crippen molar-refractivity contribution >= 4 is 10.0 Å². The summed E-state index contributed by atoms with van der Waals surface area (Å²) in [6.07, 6.45) is 1.70. The van der Waals surface area contributed by atoms with Crippen molar-refractivity contribution in [3.05, 3.63) is 72.8 Å². The zero-order valence-corrected chi connectivity index (χ0v) is 13.1. The maximum atomic E-state index is 12.5. The van der Waals surface area contributed by atoms with Gasteiger partial charge >= 0.3 is 0 Å². The second-order valence-electron chi connectivity index (χ2n) is 5.10. The quantitative estimate of drug-likeness (QED) is 0.804. The monoisotopic (exact) mass is 317 g/mol. The molecule has 0 saturated heterocycles. The number of aromatic hydroxyl groups is 1. The molecule has 116 valence electrons. The Kier molecular flexibility index (Phi) is 5.00. The van der Waals surface area contributed by atoms with Crippen LogP contribution in [-0.2, 0) is 10.0 Å². The van der Waals surface area contributed by atoms with E-state index in [0.717, 1.165) is 5.56 Å². The third-order valence-electron chi connectivity index (χ3n) is 3.49. The van der Waals surface area contributed by atoms with Gasteiger partial charge in [-0.15, -0.1) is 6.58 Å². The molecule has 5 heteroatoms. The molecule has 2 aromatic rings. The molecular formula is C17H19NO3S. The van der Waals surface area contributed by atoms with Gasteiger partial charge in [-0.2, -0.15) is 0 Å². The lowest BCUT2D eigenvalue weighted by atomic mass is 9.95. The van der Waals surface area contributed by atoms with Crippen molar-refractivity contribution in [1.82, 2.24) is 4.72 Å². The summed E-state index contributed by atoms with van der Waals surface area (Å²) in [6.45, 7) is 5.63. The van der Waals surface area contributed by atoms with Gasteiger partial charge in [-0.1, -0.05) is 43.3 Å². The first-order chi connectivity index (χ1) is 10.4. The SMILES string of the molecule is C=C[C@H](C)[C@H](NS(=O)(=O)c1ccccc1)c1ccc(O)cc1. The van der Waals surface area contributed by atoms with Gasteiger partial charge in [0.2, 0.25) is 10.0 Å². The summed E-state index contributed by atoms with van der Waals surface area (Å²) in [5.41, 5.74) is 0.768. The highest BCUT2D eigenvalue weighted by Gasteiger charge is 2.24. The Hall–Kier alpha value is -2.11. The van der Waals surface area contributed by atoms with E-state index in [-0.39, 0.29) is 16.6 Å². The first-order valence-corrected chi connectivity index (χ1v) is 8.41. The van der Waals surface area contributed by atoms with Gasteiger partial charge in [-0.05, 0) is 35.7 Å². The van der Waals surface area contributed by atoms with Crippen LogP contribution in [-0.4, -0.2) is 13.5 Å². The van der Waals surface area contributed by atoms with Crippen molar-refractivity contribution in [1.29, 1.82) is 0 Å². The molecule has 4 nitrogen and oxygen atoms in total. The third kappa shape index (κ3) is 3.75. The van der Waals surface area contributed by atoms with Gasteiger partial charge in [0.05, 0.1) is 10.9 Å². The van der Waals surface area contributed by atoms with Gasteiger partial charge in [0, 0.05) is 0 Å². The van der Waals surface area contributed by atoms with Crippen molar-refractivity contribution in [2.24, 2.45) is 5.92 Å². The average molecular weight is 317 g/mol. The average Bonchev–Trinajstić information content (AvgIpc) is 2.54. The summed E-state index contributed by atoms with van der Waals surface area (Å²) in [5, 5.41) is 9.39. The molecule has 0 spiro atoms. The zero-order chi connectivity index (χ0) is 16.2. The second-order valence-corrected chi connectivity index (χ2v) is 6.81. The molecule has 0 saturated carbocycles. The predicted molar refractivity (Wildman–Crippen MR) is 87.0 cm³/mol. The highest BCUT2D eigenvalue weighted by molar-refractivity contribution is 7.89. The molecule has 0 aliphatic carbocycles. The number of nitrogens with one attached hydrogen (secondary N) is 1. The van der Waals surface area contributed by atoms with Crippen molar-refractivity contribution < 1.29 is 13.5 Å². The minimum absolute atomic E-state index is 0.108. The molecule has 0 aliphatic rings. The molecule has 0 fully saturated rings. The standard InChI is InChI=1S/C17H19NO3S/c1-3-13(2)17(14-9-11-15(19)12-10-14)18-22(20,21)16-7-5-4-6-8-16/h3-13,17-19H,1H2,2H3/t13-,17-/m0/s1. The lowest BCUT2D eigenvalue weighted by molar-refractivity contribution is 0.472. The molecule has 0 radical (unpaired) electrons. The van der Waals surface area contributed by atoms with Crippen LogP contribution in [0.3, 0.4) is 0 Å². The summed E-state index contributed by atoms with van der Waals surface area (Å²) in [7, 11) is -3.63. The van der Waals surface area contributed by atoms with E-state index in [2.05, 4.69) is 11.3 Å². The lowest BCUT2D eigenvalue weighted by Gasteiger charge is -2.23. The van der Waals surface area contributed by atoms with Gasteiger partial charge in [-0.25, -0.2) is 13.1 Å². The molecule has 0 aliphatic heterocycles. The lowest BCUT2D eigenvalue weighted by Crippen LogP contribution is -2.32. The van der Waals surface area contributed by atoms with E-state index >= 15 is 0 Å². The molecule has 0 amide bonds. The zero-order valence-electron chi connectivity index (χ0n) is 12.3. The van der Waals surface area contributed by atoms with E-state index in [4.69, 9.17) is 0 Å². The summed E-state index contributed by atoms with van der Waals surface area (Å²) in [6, 6.07) is 14.3. The minimum atomic E-state index is -3.63. The van der Waals surface area contributed by atoms with Crippen molar-refractivity contribution in [2.45, 2.75) is 17.9 Å². The molecule has 2 N–H and O–H groups in total. The van der Waals surface area contributed by atoms with Gasteiger partial charge in [-0.3, -0.25) is 0 Å². The number of hydrogen-bond donors (Lipinski definition) is 2. The van der Waals surface area contributed by atoms with E-state index in [1.165, 1.54) is 12.1 Å². The Labute approximate surface area is 131 Å². The fourth-order valence-corrected chi connectivity index (χ4v) is 3.47. The molecule has 2 atom stereocenters. The number of sulfonamides is 1. The van der Waals surface area contributed by atoms with Crippen LogP contribution in [0.15, 0.2) is 72.1 Å². The van der Waals surface area contributed by atoms with Crippen LogP contribution in [0.4, 0.5) is 0 Å². The molecule has 0 bridgehead atoms. The number of benzene rings is 2. The van der Waals surface area contributed by atoms with Gasteiger partial charge < -0.3 is 5.11 Å². The third-order valence-corrected chi connectivity index (χ3v) is 4.94. The number of hydrogen-bond acceptors (Lipinski definition) is 3. The van der Waals surface area contributed by atoms with E-state index < -0.39 is 16.1 Å². The molecule has 0 unspecified atom stereocenters. The number of phenolic OH excluding ortho intramolecular Hbond substituents is 1. The maximum Gasteiger partial charge on any atom is 0.241 e. The van der Waals surface area contributed by atoms with Crippen LogP contribution in [0.2, 0.25) is 0 Å². The Balaban J connectivity index is 2.35. The van der Waals surface area contributed by atoms with E-state index in [9.17, 15) is 13.5 Å². The Morgan fingerprint density at radius 3 is 2.23 bits per heavy atom. The summed E-state index contributed by atoms with van der Waals surface area (Å²) >= 11 is 0. The predicted octanol–water partition coefficient (Wildman–Crippen LogP) is 3.23. The molecule has 0 aromatic heterocycles. The van der Waals surface area contributed by atoms with E-state index in [0.29, 0.717) is 0 Å². The Bertz CT molecular complexity index is 724. The van der Waals surface area contributed by atoms with E-state index in [1.807, 2.05) is 6.92 Å². The van der Waals surface area contributed by atoms with Crippen molar-refractivity contribution in [3.8, 4) is 5.75 Å². The van der Waals surface area contributed by atoms with Crippen LogP contribution >= 0.6 is 0 Å². The molecule has 2 rings (SSSR count). The summed E-state index contributed by atoms with van der Waals surface area (Å²) < 4.78 is 27.7. The van der Waals surface area contributed by atoms with Gasteiger partial charge in [0.15, 0.2) is 0 Å². The van der Waals surface area contributed by atoms with Gasteiger partial charge in [0.25, 0.3) is 0 Å². The summed E-state index contributed by atoms with van der Waals surface area (Å²) in [4.78, 5) is 0.218. The van der Waals surface area contributed by atoms with Crippen LogP contribution in [0.25, 0.3) is 0 Å². The topological polar surface area (TPSA) is 66.4 Å². The fourth-order valence-electron chi connectivity index (χ4n) is 2.13. The first-order valence-electron chi connectivity index (χ1n) is 6.93. The number of rotatable bonds is 6. The van der Waals surface area contributed by atoms with Crippen molar-refractivity contribution in [2.75, 3.05) is 0 Å². The first kappa shape index (κ1) is 16.3. The van der Waals surface area contributed by atoms with E-state index in [1.54, 1.807) is 48.5 Å². The molecule has 2 aromatic carbocycles. The smallest absolute Gasteiger partial charge is 0.241 e. The van der Waals surface area contributed by atoms with Crippen molar-refractivity contribution in [3.63, 3.8) is 0 Å². The van der Waals surface area contributed by atoms with Gasteiger partial charge in [0.1, 0.15) is 5.75 Å². The number of phenols is 1. The molecular weight excluding hydrogens is 298 g/mol. The molecule has 22 heavy (non-hydrogen) atoms. The Morgan fingerprint density at radius 1 is 1.09 bits per heavy atom. The highest BCUT2D eigenvalue weighted by atomic mass is 32.2.